The lowest BCUT2D eigenvalue weighted by Gasteiger charge is -2.22. The summed E-state index contributed by atoms with van der Waals surface area (Å²) in [5, 5.41) is 0. The molecule has 1 aromatic rings. The molecular formula is C48H89N. The van der Waals surface area contributed by atoms with E-state index in [0.717, 1.165) is 0 Å². The zero-order chi connectivity index (χ0) is 35.1. The number of hydrogen-bond acceptors (Lipinski definition) is 1. The molecule has 0 radical (unpaired) electrons. The highest BCUT2D eigenvalue weighted by molar-refractivity contribution is 5.51. The van der Waals surface area contributed by atoms with Gasteiger partial charge in [-0.2, -0.15) is 0 Å². The van der Waals surface area contributed by atoms with Crippen molar-refractivity contribution >= 4 is 6.08 Å². The summed E-state index contributed by atoms with van der Waals surface area (Å²) in [5.41, 5.74) is 2.79. The smallest absolute Gasteiger partial charge is 0.00186 e. The third-order valence-corrected chi connectivity index (χ3v) is 11.1. The molecule has 0 aromatic heterocycles. The summed E-state index contributed by atoms with van der Waals surface area (Å²) in [7, 11) is 0. The molecule has 0 saturated heterocycles. The van der Waals surface area contributed by atoms with Crippen LogP contribution in [0, 0.1) is 0 Å². The first-order valence-electron chi connectivity index (χ1n) is 22.7. The summed E-state index contributed by atoms with van der Waals surface area (Å²) >= 11 is 0. The lowest BCUT2D eigenvalue weighted by molar-refractivity contribution is 0.255. The van der Waals surface area contributed by atoms with Gasteiger partial charge in [-0.3, -0.25) is 0 Å². The molecule has 0 amide bonds. The number of unbranched alkanes of at least 4 members (excludes halogenated alkanes) is 31. The van der Waals surface area contributed by atoms with E-state index in [1.165, 1.54) is 255 Å². The second kappa shape index (κ2) is 38.2. The SMILES string of the molecule is C=Cc1ccccc1CCCCN(CCCCCCCCCCCCCCCCCC)CCCCCCCCCCCCCCCCCC. The molecule has 0 aliphatic heterocycles. The van der Waals surface area contributed by atoms with Crippen LogP contribution in [0.3, 0.4) is 0 Å². The van der Waals surface area contributed by atoms with Crippen molar-refractivity contribution < 1.29 is 0 Å². The van der Waals surface area contributed by atoms with E-state index < -0.39 is 0 Å². The van der Waals surface area contributed by atoms with E-state index in [0.29, 0.717) is 0 Å². The Morgan fingerprint density at radius 2 is 0.673 bits per heavy atom. The summed E-state index contributed by atoms with van der Waals surface area (Å²) in [4.78, 5) is 2.83. The Morgan fingerprint density at radius 1 is 0.388 bits per heavy atom. The maximum Gasteiger partial charge on any atom is -0.00186 e. The van der Waals surface area contributed by atoms with Gasteiger partial charge in [0, 0.05) is 0 Å². The molecule has 49 heavy (non-hydrogen) atoms. The number of hydrogen-bond donors (Lipinski definition) is 0. The summed E-state index contributed by atoms with van der Waals surface area (Å²) in [5.74, 6) is 0. The second-order valence-corrected chi connectivity index (χ2v) is 15.8. The molecule has 0 saturated carbocycles. The van der Waals surface area contributed by atoms with Gasteiger partial charge in [0.1, 0.15) is 0 Å². The predicted molar refractivity (Wildman–Crippen MR) is 225 cm³/mol. The van der Waals surface area contributed by atoms with Crippen molar-refractivity contribution in [2.45, 2.75) is 239 Å². The lowest BCUT2D eigenvalue weighted by Crippen LogP contribution is -2.27. The fourth-order valence-electron chi connectivity index (χ4n) is 7.71. The molecule has 1 heteroatoms. The van der Waals surface area contributed by atoms with Crippen LogP contribution in [0.1, 0.15) is 243 Å². The van der Waals surface area contributed by atoms with Crippen LogP contribution < -0.4 is 0 Å². The molecule has 1 nitrogen and oxygen atoms in total. The maximum atomic E-state index is 4.02. The average Bonchev–Trinajstić information content (AvgIpc) is 3.12. The van der Waals surface area contributed by atoms with Gasteiger partial charge in [-0.15, -0.1) is 0 Å². The lowest BCUT2D eigenvalue weighted by atomic mass is 10.0. The first kappa shape index (κ1) is 45.9. The standard InChI is InChI=1S/C48H89N/c1-4-7-9-11-13-15-17-19-21-23-25-27-29-31-33-38-44-49(46-40-37-43-48-42-36-35-41-47(48)6-3)45-39-34-32-30-28-26-24-22-20-18-16-14-12-10-8-5-2/h6,35-36,41-42H,3-5,7-34,37-40,43-46H2,1-2H3. The van der Waals surface area contributed by atoms with Crippen LogP contribution in [0.4, 0.5) is 0 Å². The zero-order valence-corrected chi connectivity index (χ0v) is 33.9. The van der Waals surface area contributed by atoms with Crippen molar-refractivity contribution in [3.63, 3.8) is 0 Å². The minimum absolute atomic E-state index is 1.19. The molecule has 0 fully saturated rings. The minimum Gasteiger partial charge on any atom is -0.303 e. The van der Waals surface area contributed by atoms with Crippen LogP contribution in [0.15, 0.2) is 30.8 Å². The van der Waals surface area contributed by atoms with Crippen LogP contribution in [0.2, 0.25) is 0 Å². The van der Waals surface area contributed by atoms with Crippen LogP contribution in [-0.2, 0) is 6.42 Å². The van der Waals surface area contributed by atoms with Crippen LogP contribution >= 0.6 is 0 Å². The fourth-order valence-corrected chi connectivity index (χ4v) is 7.71. The topological polar surface area (TPSA) is 3.24 Å². The van der Waals surface area contributed by atoms with E-state index in [2.05, 4.69) is 49.6 Å². The molecule has 0 aliphatic rings. The first-order chi connectivity index (χ1) is 24.3. The summed E-state index contributed by atoms with van der Waals surface area (Å²) < 4.78 is 0. The third kappa shape index (κ3) is 31.4. The van der Waals surface area contributed by atoms with Gasteiger partial charge in [0.05, 0.1) is 0 Å². The molecule has 0 aliphatic carbocycles. The molecule has 0 unspecified atom stereocenters. The van der Waals surface area contributed by atoms with Gasteiger partial charge in [-0.1, -0.05) is 243 Å². The molecule has 0 spiro atoms. The Kier molecular flexibility index (Phi) is 35.8. The molecule has 0 atom stereocenters. The van der Waals surface area contributed by atoms with E-state index in [9.17, 15) is 0 Å². The van der Waals surface area contributed by atoms with Gasteiger partial charge < -0.3 is 4.90 Å². The van der Waals surface area contributed by atoms with E-state index in [-0.39, 0.29) is 0 Å². The monoisotopic (exact) mass is 680 g/mol. The first-order valence-corrected chi connectivity index (χ1v) is 22.7. The van der Waals surface area contributed by atoms with Crippen LogP contribution in [0.25, 0.3) is 6.08 Å². The van der Waals surface area contributed by atoms with Gasteiger partial charge in [-0.05, 0) is 62.9 Å². The highest BCUT2D eigenvalue weighted by Gasteiger charge is 2.06. The number of nitrogens with zero attached hydrogens (tertiary/aromatic N) is 1. The average molecular weight is 680 g/mol. The highest BCUT2D eigenvalue weighted by atomic mass is 15.1. The van der Waals surface area contributed by atoms with Gasteiger partial charge in [0.25, 0.3) is 0 Å². The predicted octanol–water partition coefficient (Wildman–Crippen LogP) is 16.5. The minimum atomic E-state index is 1.19. The van der Waals surface area contributed by atoms with E-state index in [4.69, 9.17) is 0 Å². The number of benzene rings is 1. The van der Waals surface area contributed by atoms with Gasteiger partial charge in [0.2, 0.25) is 0 Å². The van der Waals surface area contributed by atoms with E-state index in [1.807, 2.05) is 6.08 Å². The normalized spacial score (nSPS) is 11.6. The van der Waals surface area contributed by atoms with Crippen molar-refractivity contribution in [2.24, 2.45) is 0 Å². The largest absolute Gasteiger partial charge is 0.303 e. The van der Waals surface area contributed by atoms with Crippen molar-refractivity contribution in [1.29, 1.82) is 0 Å². The van der Waals surface area contributed by atoms with Crippen LogP contribution in [-0.4, -0.2) is 24.5 Å². The number of aryl methyl sites for hydroxylation is 1. The molecule has 0 bridgehead atoms. The third-order valence-electron chi connectivity index (χ3n) is 11.1. The number of rotatable bonds is 40. The van der Waals surface area contributed by atoms with Crippen LogP contribution in [0.5, 0.6) is 0 Å². The Labute approximate surface area is 310 Å². The maximum absolute atomic E-state index is 4.02. The molecule has 0 heterocycles. The van der Waals surface area contributed by atoms with Crippen molar-refractivity contribution in [3.05, 3.63) is 42.0 Å². The Bertz CT molecular complexity index is 747. The molecule has 1 rings (SSSR count). The van der Waals surface area contributed by atoms with Gasteiger partial charge in [-0.25, -0.2) is 0 Å². The Morgan fingerprint density at radius 3 is 1.00 bits per heavy atom. The van der Waals surface area contributed by atoms with Gasteiger partial charge in [0.15, 0.2) is 0 Å². The Hall–Kier alpha value is -1.08. The summed E-state index contributed by atoms with van der Waals surface area (Å²) in [6, 6.07) is 8.83. The zero-order valence-electron chi connectivity index (χ0n) is 33.9. The van der Waals surface area contributed by atoms with Gasteiger partial charge >= 0.3 is 0 Å². The molecule has 0 N–H and O–H groups in total. The summed E-state index contributed by atoms with van der Waals surface area (Å²) in [6.07, 6.45) is 52.3. The van der Waals surface area contributed by atoms with Crippen molar-refractivity contribution in [1.82, 2.24) is 4.90 Å². The highest BCUT2D eigenvalue weighted by Crippen LogP contribution is 2.17. The second-order valence-electron chi connectivity index (χ2n) is 15.8. The molecule has 1 aromatic carbocycles. The van der Waals surface area contributed by atoms with Crippen molar-refractivity contribution in [3.8, 4) is 0 Å². The van der Waals surface area contributed by atoms with E-state index >= 15 is 0 Å². The molecule has 286 valence electrons. The molecular weight excluding hydrogens is 591 g/mol. The van der Waals surface area contributed by atoms with Crippen molar-refractivity contribution in [2.75, 3.05) is 19.6 Å². The Balaban J connectivity index is 2.11. The fraction of sp³-hybridized carbons (Fsp3) is 0.833. The summed E-state index contributed by atoms with van der Waals surface area (Å²) in [6.45, 7) is 12.6. The quantitative estimate of drug-likeness (QED) is 0.0624. The van der Waals surface area contributed by atoms with E-state index in [1.54, 1.807) is 0 Å².